The van der Waals surface area contributed by atoms with Gasteiger partial charge in [0.15, 0.2) is 0 Å². The summed E-state index contributed by atoms with van der Waals surface area (Å²) < 4.78 is 16.5. The van der Waals surface area contributed by atoms with Crippen molar-refractivity contribution in [2.45, 2.75) is 26.8 Å². The maximum absolute atomic E-state index is 13.1. The highest BCUT2D eigenvalue weighted by Gasteiger charge is 2.12. The number of imidazole rings is 1. The topological polar surface area (TPSA) is 64.7 Å². The van der Waals surface area contributed by atoms with Gasteiger partial charge in [0.25, 0.3) is 5.56 Å². The molecule has 7 heteroatoms. The van der Waals surface area contributed by atoms with Crippen LogP contribution in [-0.4, -0.2) is 19.3 Å². The van der Waals surface area contributed by atoms with Crippen LogP contribution < -0.4 is 10.9 Å². The van der Waals surface area contributed by atoms with E-state index >= 15 is 0 Å². The summed E-state index contributed by atoms with van der Waals surface area (Å²) in [6.07, 6.45) is 5.38. The molecule has 0 aliphatic heterocycles. The van der Waals surface area contributed by atoms with E-state index in [0.29, 0.717) is 5.69 Å². The molecule has 4 rings (SSSR count). The molecule has 0 radical (unpaired) electrons. The summed E-state index contributed by atoms with van der Waals surface area (Å²) in [6, 6.07) is 13.3. The maximum Gasteiger partial charge on any atom is 0.269 e. The SMILES string of the molecule is Cc1cn(-c2ccc(Nc3cnn(C(C)c4ccc(F)cc4)c(=O)c3)cc2C)cn1. The summed E-state index contributed by atoms with van der Waals surface area (Å²) in [7, 11) is 0. The Morgan fingerprint density at radius 3 is 2.43 bits per heavy atom. The Labute approximate surface area is 173 Å². The molecule has 0 fully saturated rings. The summed E-state index contributed by atoms with van der Waals surface area (Å²) >= 11 is 0. The van der Waals surface area contributed by atoms with Gasteiger partial charge in [0.2, 0.25) is 0 Å². The molecule has 1 atom stereocenters. The van der Waals surface area contributed by atoms with E-state index in [1.807, 2.05) is 49.7 Å². The van der Waals surface area contributed by atoms with E-state index < -0.39 is 0 Å². The van der Waals surface area contributed by atoms with Gasteiger partial charge in [0.1, 0.15) is 5.82 Å². The van der Waals surface area contributed by atoms with Crippen molar-refractivity contribution in [3.8, 4) is 5.69 Å². The highest BCUT2D eigenvalue weighted by Crippen LogP contribution is 2.22. The lowest BCUT2D eigenvalue weighted by Gasteiger charge is -2.15. The quantitative estimate of drug-likeness (QED) is 0.531. The number of nitrogens with zero attached hydrogens (tertiary/aromatic N) is 4. The molecule has 0 saturated heterocycles. The molecule has 2 aromatic heterocycles. The zero-order valence-electron chi connectivity index (χ0n) is 17.0. The van der Waals surface area contributed by atoms with Crippen LogP contribution in [0.3, 0.4) is 0 Å². The smallest absolute Gasteiger partial charge is 0.269 e. The van der Waals surface area contributed by atoms with Crippen molar-refractivity contribution in [2.75, 3.05) is 5.32 Å². The molecule has 0 aliphatic carbocycles. The number of anilines is 2. The van der Waals surface area contributed by atoms with Gasteiger partial charge in [-0.15, -0.1) is 0 Å². The Bertz CT molecular complexity index is 1240. The van der Waals surface area contributed by atoms with Crippen LogP contribution in [-0.2, 0) is 0 Å². The van der Waals surface area contributed by atoms with Crippen molar-refractivity contribution in [3.63, 3.8) is 0 Å². The maximum atomic E-state index is 13.1. The number of benzene rings is 2. The zero-order chi connectivity index (χ0) is 21.3. The second-order valence-corrected chi connectivity index (χ2v) is 7.30. The standard InChI is InChI=1S/C23H22FN5O/c1-15-10-20(8-9-22(15)28-13-16(2)25-14-28)27-21-11-23(30)29(26-12-21)17(3)18-4-6-19(24)7-5-18/h4-14,17,27H,1-3H3. The predicted octanol–water partition coefficient (Wildman–Crippen LogP) is 4.54. The van der Waals surface area contributed by atoms with Crippen molar-refractivity contribution >= 4 is 11.4 Å². The normalized spacial score (nSPS) is 12.0. The van der Waals surface area contributed by atoms with Crippen LogP contribution in [0.4, 0.5) is 15.8 Å². The van der Waals surface area contributed by atoms with Gasteiger partial charge in [-0.3, -0.25) is 4.79 Å². The van der Waals surface area contributed by atoms with Crippen LogP contribution in [0.25, 0.3) is 5.69 Å². The number of hydrogen-bond donors (Lipinski definition) is 1. The van der Waals surface area contributed by atoms with Gasteiger partial charge in [-0.1, -0.05) is 12.1 Å². The summed E-state index contributed by atoms with van der Waals surface area (Å²) in [6.45, 7) is 5.83. The predicted molar refractivity (Wildman–Crippen MR) is 115 cm³/mol. The Morgan fingerprint density at radius 1 is 1.03 bits per heavy atom. The van der Waals surface area contributed by atoms with Gasteiger partial charge in [0, 0.05) is 23.6 Å². The number of halogens is 1. The fraction of sp³-hybridized carbons (Fsp3) is 0.174. The number of aromatic nitrogens is 4. The minimum atomic E-state index is -0.310. The Morgan fingerprint density at radius 2 is 1.80 bits per heavy atom. The lowest BCUT2D eigenvalue weighted by Crippen LogP contribution is -2.26. The number of rotatable bonds is 5. The molecule has 0 aliphatic rings. The largest absolute Gasteiger partial charge is 0.354 e. The van der Waals surface area contributed by atoms with Gasteiger partial charge in [0.05, 0.1) is 29.9 Å². The number of hydrogen-bond acceptors (Lipinski definition) is 4. The highest BCUT2D eigenvalue weighted by atomic mass is 19.1. The average molecular weight is 403 g/mol. The first-order chi connectivity index (χ1) is 14.4. The molecular weight excluding hydrogens is 381 g/mol. The average Bonchev–Trinajstić information content (AvgIpc) is 3.14. The lowest BCUT2D eigenvalue weighted by molar-refractivity contribution is 0.530. The minimum absolute atomic E-state index is 0.237. The zero-order valence-corrected chi connectivity index (χ0v) is 17.0. The first-order valence-corrected chi connectivity index (χ1v) is 9.64. The summed E-state index contributed by atoms with van der Waals surface area (Å²) in [5.74, 6) is -0.310. The second-order valence-electron chi connectivity index (χ2n) is 7.30. The van der Waals surface area contributed by atoms with Crippen LogP contribution in [0, 0.1) is 19.7 Å². The van der Waals surface area contributed by atoms with E-state index in [9.17, 15) is 9.18 Å². The molecular formula is C23H22FN5O. The van der Waals surface area contributed by atoms with Crippen molar-refractivity contribution in [3.05, 3.63) is 100 Å². The van der Waals surface area contributed by atoms with Crippen LogP contribution in [0.5, 0.6) is 0 Å². The fourth-order valence-corrected chi connectivity index (χ4v) is 3.40. The minimum Gasteiger partial charge on any atom is -0.354 e. The van der Waals surface area contributed by atoms with Crippen LogP contribution in [0.2, 0.25) is 0 Å². The molecule has 2 heterocycles. The lowest BCUT2D eigenvalue weighted by atomic mass is 10.1. The summed E-state index contributed by atoms with van der Waals surface area (Å²) in [5, 5.41) is 7.53. The summed E-state index contributed by atoms with van der Waals surface area (Å²) in [5.41, 5.74) is 5.11. The third kappa shape index (κ3) is 4.00. The monoisotopic (exact) mass is 403 g/mol. The van der Waals surface area contributed by atoms with Crippen LogP contribution in [0.1, 0.15) is 29.8 Å². The highest BCUT2D eigenvalue weighted by molar-refractivity contribution is 5.62. The van der Waals surface area contributed by atoms with Gasteiger partial charge < -0.3 is 9.88 Å². The fourth-order valence-electron chi connectivity index (χ4n) is 3.40. The number of aryl methyl sites for hydroxylation is 2. The number of nitrogens with one attached hydrogen (secondary N) is 1. The molecule has 0 amide bonds. The van der Waals surface area contributed by atoms with Crippen molar-refractivity contribution in [1.82, 2.24) is 19.3 Å². The first-order valence-electron chi connectivity index (χ1n) is 9.64. The van der Waals surface area contributed by atoms with Crippen LogP contribution >= 0.6 is 0 Å². The van der Waals surface area contributed by atoms with Gasteiger partial charge in [-0.2, -0.15) is 5.10 Å². The Balaban J connectivity index is 1.54. The Hall–Kier alpha value is -3.74. The third-order valence-corrected chi connectivity index (χ3v) is 5.02. The summed E-state index contributed by atoms with van der Waals surface area (Å²) in [4.78, 5) is 16.9. The molecule has 0 spiro atoms. The molecule has 6 nitrogen and oxygen atoms in total. The van der Waals surface area contributed by atoms with E-state index in [1.165, 1.54) is 22.9 Å². The van der Waals surface area contributed by atoms with Crippen molar-refractivity contribution in [1.29, 1.82) is 0 Å². The molecule has 30 heavy (non-hydrogen) atoms. The molecule has 1 unspecified atom stereocenters. The van der Waals surface area contributed by atoms with E-state index in [1.54, 1.807) is 24.7 Å². The second kappa shape index (κ2) is 7.94. The van der Waals surface area contributed by atoms with E-state index in [0.717, 1.165) is 28.2 Å². The van der Waals surface area contributed by atoms with E-state index in [2.05, 4.69) is 15.4 Å². The van der Waals surface area contributed by atoms with E-state index in [4.69, 9.17) is 0 Å². The van der Waals surface area contributed by atoms with Gasteiger partial charge >= 0.3 is 0 Å². The Kier molecular flexibility index (Phi) is 5.18. The van der Waals surface area contributed by atoms with Gasteiger partial charge in [-0.05, 0) is 62.2 Å². The molecule has 152 valence electrons. The molecule has 0 saturated carbocycles. The van der Waals surface area contributed by atoms with Crippen molar-refractivity contribution in [2.24, 2.45) is 0 Å². The molecule has 4 aromatic rings. The third-order valence-electron chi connectivity index (χ3n) is 5.02. The molecule has 1 N–H and O–H groups in total. The molecule has 2 aromatic carbocycles. The molecule has 0 bridgehead atoms. The van der Waals surface area contributed by atoms with Crippen molar-refractivity contribution < 1.29 is 4.39 Å². The first kappa shape index (κ1) is 19.6. The van der Waals surface area contributed by atoms with Gasteiger partial charge in [-0.25, -0.2) is 14.1 Å². The van der Waals surface area contributed by atoms with Crippen LogP contribution in [0.15, 0.2) is 72.0 Å². The van der Waals surface area contributed by atoms with E-state index in [-0.39, 0.29) is 17.4 Å².